The van der Waals surface area contributed by atoms with Crippen molar-refractivity contribution in [3.63, 3.8) is 0 Å². The Labute approximate surface area is 316 Å². The van der Waals surface area contributed by atoms with E-state index in [2.05, 4.69) is 15.5 Å². The van der Waals surface area contributed by atoms with Gasteiger partial charge in [-0.2, -0.15) is 0 Å². The number of nitrogen functional groups attached to an aromatic ring is 1. The van der Waals surface area contributed by atoms with Crippen LogP contribution in [0.25, 0.3) is 0 Å². The van der Waals surface area contributed by atoms with Crippen molar-refractivity contribution < 1.29 is 58.2 Å². The van der Waals surface area contributed by atoms with E-state index < -0.39 is 52.4 Å². The maximum atomic E-state index is 13.5. The number of nitrogens with two attached hydrogens (primary N) is 1. The Morgan fingerprint density at radius 2 is 1.91 bits per heavy atom. The molecule has 0 unspecified atom stereocenters. The van der Waals surface area contributed by atoms with Crippen LogP contribution >= 0.6 is 34.7 Å². The summed E-state index contributed by atoms with van der Waals surface area (Å²) in [6, 6.07) is 1.71. The third-order valence-electron chi connectivity index (χ3n) is 9.19. The van der Waals surface area contributed by atoms with Crippen molar-refractivity contribution >= 4 is 75.2 Å². The Balaban J connectivity index is 1.32. The van der Waals surface area contributed by atoms with E-state index >= 15 is 0 Å². The smallest absolute Gasteiger partial charge is 0.352 e. The Morgan fingerprint density at radius 1 is 1.21 bits per heavy atom. The number of aliphatic carboxylic acids is 2. The van der Waals surface area contributed by atoms with Crippen LogP contribution in [0.3, 0.4) is 0 Å². The summed E-state index contributed by atoms with van der Waals surface area (Å²) in [4.78, 5) is 80.4. The molecule has 5 rings (SSSR count). The van der Waals surface area contributed by atoms with Crippen molar-refractivity contribution in [3.05, 3.63) is 45.1 Å². The predicted octanol–water partition coefficient (Wildman–Crippen LogP) is 1.73. The number of nitrogens with zero attached hydrogens (tertiary/aromatic N) is 5. The quantitative estimate of drug-likeness (QED) is 0.0747. The third kappa shape index (κ3) is 8.00. The van der Waals surface area contributed by atoms with E-state index in [1.807, 2.05) is 0 Å². The first-order valence-corrected chi connectivity index (χ1v) is 18.5. The molecule has 6 N–H and O–H groups in total. The lowest BCUT2D eigenvalue weighted by Crippen LogP contribution is -2.71. The Hall–Kier alpha value is -4.63. The van der Waals surface area contributed by atoms with Crippen LogP contribution in [0.5, 0.6) is 11.5 Å². The number of amides is 3. The number of aromatic nitrogens is 1. The number of carbonyl (C=O) groups is 5. The predicted molar refractivity (Wildman–Crippen MR) is 192 cm³/mol. The molecule has 0 saturated carbocycles. The number of nitrogens with one attached hydrogen (secondary N) is 1. The second-order valence-electron chi connectivity index (χ2n) is 13.0. The number of phenols is 1. The maximum Gasteiger partial charge on any atom is 0.352 e. The van der Waals surface area contributed by atoms with Crippen LogP contribution in [0.1, 0.15) is 42.7 Å². The van der Waals surface area contributed by atoms with Crippen molar-refractivity contribution in [2.75, 3.05) is 58.4 Å². The normalized spacial score (nSPS) is 19.7. The Bertz CT molecular complexity index is 1880. The third-order valence-corrected chi connectivity index (χ3v) is 11.6. The average molecular weight is 797 g/mol. The number of benzene rings is 1. The molecule has 286 valence electrons. The zero-order chi connectivity index (χ0) is 38.8. The van der Waals surface area contributed by atoms with E-state index in [0.717, 1.165) is 34.1 Å². The molecule has 1 aromatic heterocycles. The Kier molecular flexibility index (Phi) is 11.8. The molecule has 0 bridgehead atoms. The van der Waals surface area contributed by atoms with Gasteiger partial charge in [0, 0.05) is 29.5 Å². The number of rotatable bonds is 15. The van der Waals surface area contributed by atoms with E-state index in [4.69, 9.17) is 31.7 Å². The molecule has 2 fully saturated rings. The number of ether oxygens (including phenoxy) is 1. The zero-order valence-corrected chi connectivity index (χ0v) is 31.5. The van der Waals surface area contributed by atoms with Crippen molar-refractivity contribution in [1.82, 2.24) is 20.3 Å². The van der Waals surface area contributed by atoms with Crippen molar-refractivity contribution in [2.24, 2.45) is 5.16 Å². The molecule has 4 heterocycles. The van der Waals surface area contributed by atoms with Crippen molar-refractivity contribution in [2.45, 2.75) is 43.7 Å². The number of carbonyl (C=O) groups excluding carboxylic acids is 3. The van der Waals surface area contributed by atoms with E-state index in [9.17, 15) is 39.3 Å². The molecule has 2 atom stereocenters. The number of hydrogen-bond acceptors (Lipinski definition) is 14. The number of carboxylic acid groups (broad SMARTS) is 2. The highest BCUT2D eigenvalue weighted by atomic mass is 35.5. The number of thiazole rings is 1. The van der Waals surface area contributed by atoms with Gasteiger partial charge in [0.2, 0.25) is 5.60 Å². The van der Waals surface area contributed by atoms with Gasteiger partial charge in [0.25, 0.3) is 17.7 Å². The average Bonchev–Trinajstić information content (AvgIpc) is 3.77. The van der Waals surface area contributed by atoms with Gasteiger partial charge in [0.15, 0.2) is 22.3 Å². The van der Waals surface area contributed by atoms with Crippen molar-refractivity contribution in [1.29, 1.82) is 0 Å². The fraction of sp³-hybridized carbons (Fsp3) is 0.469. The number of carboxylic acids is 2. The lowest BCUT2D eigenvalue weighted by atomic mass is 10.0. The van der Waals surface area contributed by atoms with Gasteiger partial charge in [0.1, 0.15) is 29.4 Å². The van der Waals surface area contributed by atoms with Gasteiger partial charge in [-0.25, -0.2) is 19.6 Å². The molecule has 3 amide bonds. The number of β-lactam (4-membered cyclic amide) rings is 1. The molecule has 18 nitrogen and oxygen atoms in total. The monoisotopic (exact) mass is 796 g/mol. The van der Waals surface area contributed by atoms with Crippen LogP contribution < -0.4 is 15.8 Å². The summed E-state index contributed by atoms with van der Waals surface area (Å²) in [6.45, 7) is 4.65. The molecule has 2 aromatic rings. The molecular weight excluding hydrogens is 758 g/mol. The van der Waals surface area contributed by atoms with Gasteiger partial charge in [-0.05, 0) is 26.0 Å². The number of likely N-dealkylation sites (tertiary alicyclic amines) is 1. The van der Waals surface area contributed by atoms with E-state index in [1.165, 1.54) is 57.3 Å². The summed E-state index contributed by atoms with van der Waals surface area (Å²) in [5, 5.41) is 38.2. The van der Waals surface area contributed by atoms with Gasteiger partial charge >= 0.3 is 11.9 Å². The molecule has 0 aliphatic carbocycles. The number of hydroxylamine groups is 2. The van der Waals surface area contributed by atoms with Gasteiger partial charge in [-0.1, -0.05) is 16.8 Å². The molecule has 0 radical (unpaired) electrons. The van der Waals surface area contributed by atoms with Gasteiger partial charge < -0.3 is 40.4 Å². The van der Waals surface area contributed by atoms with Crippen LogP contribution in [0, 0.1) is 0 Å². The highest BCUT2D eigenvalue weighted by molar-refractivity contribution is 8.00. The first kappa shape index (κ1) is 39.6. The number of quaternary nitrogens is 1. The number of aromatic hydroxyl groups is 1. The summed E-state index contributed by atoms with van der Waals surface area (Å²) in [5.41, 5.74) is 3.90. The number of methoxy groups -OCH3 is 1. The zero-order valence-electron chi connectivity index (χ0n) is 29.2. The van der Waals surface area contributed by atoms with Crippen molar-refractivity contribution in [3.8, 4) is 11.5 Å². The number of halogens is 1. The van der Waals surface area contributed by atoms with Gasteiger partial charge in [-0.15, -0.1) is 23.1 Å². The first-order chi connectivity index (χ1) is 25.0. The van der Waals surface area contributed by atoms with E-state index in [-0.39, 0.29) is 57.5 Å². The minimum Gasteiger partial charge on any atom is -0.503 e. The first-order valence-electron chi connectivity index (χ1n) is 16.2. The standard InChI is InChI=1S/C32H38ClN7O11S2/c1-32(2,30(47)48)51-37-21(18-15-53-31(34)35-18)25(42)36-22-27(44)39-23(29(45)46)16(14-52-28(22)39)13-40(10-5-6-11-40)12-9-38(50-4)26(43)17-7-8-19(49-3)24(41)20(17)33/h7-8,15,22,28H,5-6,9-14H2,1-4H3,(H5-,34,35,36,41,42,45,46,47,48)/p+1/b37-21-/t22-,28-/m1/s1. The number of oxime groups is 1. The number of anilines is 1. The summed E-state index contributed by atoms with van der Waals surface area (Å²) < 4.78 is 5.49. The number of hydrogen-bond donors (Lipinski definition) is 5. The minimum absolute atomic E-state index is 0.00173. The molecule has 1 aromatic carbocycles. The van der Waals surface area contributed by atoms with Crippen LogP contribution in [-0.4, -0.2) is 140 Å². The minimum atomic E-state index is -1.80. The molecule has 21 heteroatoms. The SMILES string of the molecule is COc1ccc(C(=O)N(CC[N+]2(CC3=C(C(=O)O)N4C(=O)[C@@H](NC(=O)/C(=N\OC(C)(C)C(=O)O)c5csc(N)n5)[C@H]4SC3)CCCC2)OC)c(Cl)c1O. The lowest BCUT2D eigenvalue weighted by molar-refractivity contribution is -0.912. The second kappa shape index (κ2) is 15.8. The fourth-order valence-electron chi connectivity index (χ4n) is 6.28. The highest BCUT2D eigenvalue weighted by Crippen LogP contribution is 2.42. The number of phenolic OH excluding ortho intramolecular Hbond substituents is 1. The van der Waals surface area contributed by atoms with Gasteiger partial charge in [0.05, 0.1) is 51.0 Å². The summed E-state index contributed by atoms with van der Waals surface area (Å²) >= 11 is 8.57. The fourth-order valence-corrected chi connectivity index (χ4v) is 8.40. The van der Waals surface area contributed by atoms with E-state index in [1.54, 1.807) is 0 Å². The molecule has 2 saturated heterocycles. The summed E-state index contributed by atoms with van der Waals surface area (Å²) in [5.74, 6) is -4.80. The van der Waals surface area contributed by atoms with E-state index in [0.29, 0.717) is 29.7 Å². The molecule has 3 aliphatic heterocycles. The second-order valence-corrected chi connectivity index (χ2v) is 15.4. The maximum absolute atomic E-state index is 13.5. The topological polar surface area (TPSA) is 244 Å². The largest absolute Gasteiger partial charge is 0.503 e. The summed E-state index contributed by atoms with van der Waals surface area (Å²) in [6.07, 6.45) is 1.73. The number of thioether (sulfide) groups is 1. The molecule has 0 spiro atoms. The van der Waals surface area contributed by atoms with Crippen LogP contribution in [0.4, 0.5) is 5.13 Å². The highest BCUT2D eigenvalue weighted by Gasteiger charge is 2.55. The van der Waals surface area contributed by atoms with Crippen LogP contribution in [0.15, 0.2) is 33.9 Å². The summed E-state index contributed by atoms with van der Waals surface area (Å²) in [7, 11) is 2.69. The molecule has 53 heavy (non-hydrogen) atoms. The Morgan fingerprint density at radius 3 is 2.49 bits per heavy atom. The molecule has 3 aliphatic rings. The van der Waals surface area contributed by atoms with Crippen LogP contribution in [-0.2, 0) is 28.9 Å². The molecular formula is C32H39ClN7O11S2+. The number of fused-ring (bicyclic) bond motifs is 1. The van der Waals surface area contributed by atoms with Crippen LogP contribution in [0.2, 0.25) is 5.02 Å². The van der Waals surface area contributed by atoms with Gasteiger partial charge in [-0.3, -0.25) is 24.1 Å². The lowest BCUT2D eigenvalue weighted by Gasteiger charge is -2.50.